The third-order valence-electron chi connectivity index (χ3n) is 4.39. The van der Waals surface area contributed by atoms with Gasteiger partial charge in [-0.15, -0.1) is 12.4 Å². The Labute approximate surface area is 137 Å². The molecule has 0 bridgehead atoms. The zero-order valence-electron chi connectivity index (χ0n) is 13.1. The first-order chi connectivity index (χ1) is 10.1. The fraction of sp³-hybridized carbons (Fsp3) is 0.625. The summed E-state index contributed by atoms with van der Waals surface area (Å²) in [7, 11) is 2.95. The second-order valence-electron chi connectivity index (χ2n) is 5.69. The maximum absolute atomic E-state index is 10.5. The van der Waals surface area contributed by atoms with Crippen molar-refractivity contribution in [2.24, 2.45) is 11.7 Å². The van der Waals surface area contributed by atoms with Crippen LogP contribution in [0.4, 0.5) is 0 Å². The Morgan fingerprint density at radius 2 is 1.59 bits per heavy atom. The van der Waals surface area contributed by atoms with Crippen molar-refractivity contribution in [2.75, 3.05) is 14.2 Å². The Kier molecular flexibility index (Phi) is 7.26. The molecular weight excluding hydrogens is 306 g/mol. The zero-order valence-corrected chi connectivity index (χ0v) is 13.9. The number of aromatic hydroxyl groups is 1. The topological polar surface area (TPSA) is 84.9 Å². The molecule has 1 aromatic rings. The summed E-state index contributed by atoms with van der Waals surface area (Å²) in [5.74, 6) is 0.786. The number of phenolic OH excluding ortho intramolecular Hbond substituents is 1. The number of rotatable bonds is 5. The molecule has 0 aromatic heterocycles. The van der Waals surface area contributed by atoms with Crippen molar-refractivity contribution in [2.45, 2.75) is 44.2 Å². The minimum Gasteiger partial charge on any atom is -0.502 e. The fourth-order valence-electron chi connectivity index (χ4n) is 3.07. The molecule has 1 fully saturated rings. The first-order valence-corrected chi connectivity index (χ1v) is 7.47. The zero-order chi connectivity index (χ0) is 15.4. The summed E-state index contributed by atoms with van der Waals surface area (Å²) in [4.78, 5) is 0. The first-order valence-electron chi connectivity index (χ1n) is 7.47. The smallest absolute Gasteiger partial charge is 0.200 e. The van der Waals surface area contributed by atoms with E-state index in [-0.39, 0.29) is 24.1 Å². The van der Waals surface area contributed by atoms with Crippen LogP contribution in [-0.2, 0) is 0 Å². The number of aliphatic hydroxyl groups is 1. The van der Waals surface area contributed by atoms with E-state index >= 15 is 0 Å². The number of methoxy groups -OCH3 is 2. The summed E-state index contributed by atoms with van der Waals surface area (Å²) in [6, 6.07) is 2.81. The van der Waals surface area contributed by atoms with Gasteiger partial charge in [0, 0.05) is 0 Å². The third-order valence-corrected chi connectivity index (χ3v) is 4.39. The highest BCUT2D eigenvalue weighted by atomic mass is 35.5. The number of halogens is 1. The summed E-state index contributed by atoms with van der Waals surface area (Å²) in [6.07, 6.45) is 4.97. The molecule has 0 heterocycles. The van der Waals surface area contributed by atoms with E-state index in [9.17, 15) is 10.2 Å². The summed E-state index contributed by atoms with van der Waals surface area (Å²) >= 11 is 0. The Hall–Kier alpha value is -1.17. The van der Waals surface area contributed by atoms with Crippen LogP contribution in [0.5, 0.6) is 17.2 Å². The molecule has 0 spiro atoms. The summed E-state index contributed by atoms with van der Waals surface area (Å²) in [5, 5.41) is 20.5. The van der Waals surface area contributed by atoms with Gasteiger partial charge in [0.2, 0.25) is 5.75 Å². The quantitative estimate of drug-likeness (QED) is 0.772. The molecule has 1 saturated carbocycles. The summed E-state index contributed by atoms with van der Waals surface area (Å²) < 4.78 is 10.3. The van der Waals surface area contributed by atoms with E-state index in [1.807, 2.05) is 0 Å². The van der Waals surface area contributed by atoms with E-state index in [1.54, 1.807) is 12.1 Å². The molecule has 0 radical (unpaired) electrons. The molecule has 126 valence electrons. The molecule has 0 saturated heterocycles. The maximum atomic E-state index is 10.5. The molecule has 0 unspecified atom stereocenters. The van der Waals surface area contributed by atoms with E-state index in [4.69, 9.17) is 15.2 Å². The van der Waals surface area contributed by atoms with E-state index in [2.05, 4.69) is 0 Å². The van der Waals surface area contributed by atoms with E-state index in [0.717, 1.165) is 25.7 Å². The molecule has 2 atom stereocenters. The van der Waals surface area contributed by atoms with Gasteiger partial charge in [0.25, 0.3) is 0 Å². The second kappa shape index (κ2) is 8.46. The molecule has 4 N–H and O–H groups in total. The van der Waals surface area contributed by atoms with Crippen molar-refractivity contribution in [3.8, 4) is 17.2 Å². The number of aliphatic hydroxyl groups excluding tert-OH is 1. The Balaban J connectivity index is 0.00000242. The van der Waals surface area contributed by atoms with E-state index in [0.29, 0.717) is 17.1 Å². The average molecular weight is 332 g/mol. The highest BCUT2D eigenvalue weighted by Gasteiger charge is 2.28. The predicted octanol–water partition coefficient (Wildman–Crippen LogP) is 2.77. The van der Waals surface area contributed by atoms with Crippen molar-refractivity contribution < 1.29 is 19.7 Å². The van der Waals surface area contributed by atoms with Crippen molar-refractivity contribution >= 4 is 12.4 Å². The molecule has 6 heteroatoms. The molecular formula is C16H26ClNO4. The lowest BCUT2D eigenvalue weighted by molar-refractivity contribution is 0.0616. The average Bonchev–Trinajstić information content (AvgIpc) is 2.54. The van der Waals surface area contributed by atoms with Gasteiger partial charge in [-0.25, -0.2) is 0 Å². The maximum Gasteiger partial charge on any atom is 0.200 e. The Morgan fingerprint density at radius 1 is 1.09 bits per heavy atom. The van der Waals surface area contributed by atoms with Crippen LogP contribution < -0.4 is 15.2 Å². The molecule has 1 aromatic carbocycles. The normalized spacial score (nSPS) is 18.2. The van der Waals surface area contributed by atoms with Crippen LogP contribution in [0.1, 0.15) is 43.7 Å². The van der Waals surface area contributed by atoms with Gasteiger partial charge < -0.3 is 25.4 Å². The van der Waals surface area contributed by atoms with Crippen LogP contribution in [0.3, 0.4) is 0 Å². The van der Waals surface area contributed by atoms with Crippen LogP contribution in [0, 0.1) is 5.92 Å². The standard InChI is InChI=1S/C16H25NO4.ClH/c1-20-12-8-11(9-13(21-2)16(12)19)14(17)15(18)10-6-4-3-5-7-10;/h8-10,14-15,18-19H,3-7,17H2,1-2H3;1H/t14-,15+;/m1./s1. The Morgan fingerprint density at radius 3 is 2.05 bits per heavy atom. The predicted molar refractivity (Wildman–Crippen MR) is 88.0 cm³/mol. The summed E-state index contributed by atoms with van der Waals surface area (Å²) in [6.45, 7) is 0. The van der Waals surface area contributed by atoms with E-state index < -0.39 is 12.1 Å². The molecule has 1 aliphatic rings. The molecule has 1 aliphatic carbocycles. The number of hydrogen-bond acceptors (Lipinski definition) is 5. The lowest BCUT2D eigenvalue weighted by Crippen LogP contribution is -2.34. The minimum atomic E-state index is -0.593. The van der Waals surface area contributed by atoms with Crippen LogP contribution in [0.15, 0.2) is 12.1 Å². The van der Waals surface area contributed by atoms with Gasteiger partial charge in [-0.1, -0.05) is 19.3 Å². The highest BCUT2D eigenvalue weighted by Crippen LogP contribution is 2.40. The number of ether oxygens (including phenoxy) is 2. The van der Waals surface area contributed by atoms with Gasteiger partial charge in [0.1, 0.15) is 0 Å². The molecule has 2 rings (SSSR count). The number of hydrogen-bond donors (Lipinski definition) is 3. The third kappa shape index (κ3) is 3.97. The minimum absolute atomic E-state index is 0. The second-order valence-corrected chi connectivity index (χ2v) is 5.69. The van der Waals surface area contributed by atoms with Gasteiger partial charge in [0.15, 0.2) is 11.5 Å². The number of benzene rings is 1. The van der Waals surface area contributed by atoms with Crippen molar-refractivity contribution in [1.29, 1.82) is 0 Å². The molecule has 22 heavy (non-hydrogen) atoms. The largest absolute Gasteiger partial charge is 0.502 e. The van der Waals surface area contributed by atoms with Crippen molar-refractivity contribution in [3.63, 3.8) is 0 Å². The lowest BCUT2D eigenvalue weighted by Gasteiger charge is -2.31. The monoisotopic (exact) mass is 331 g/mol. The molecule has 5 nitrogen and oxygen atoms in total. The van der Waals surface area contributed by atoms with Gasteiger partial charge in [-0.2, -0.15) is 0 Å². The van der Waals surface area contributed by atoms with Crippen LogP contribution in [0.2, 0.25) is 0 Å². The van der Waals surface area contributed by atoms with Gasteiger partial charge in [0.05, 0.1) is 26.4 Å². The Bertz CT molecular complexity index is 452. The van der Waals surface area contributed by atoms with Crippen LogP contribution in [0.25, 0.3) is 0 Å². The fourth-order valence-corrected chi connectivity index (χ4v) is 3.07. The molecule has 0 aliphatic heterocycles. The van der Waals surface area contributed by atoms with Crippen LogP contribution >= 0.6 is 12.4 Å². The first kappa shape index (κ1) is 18.9. The number of phenols is 1. The SMILES string of the molecule is COc1cc([C@@H](N)[C@@H](O)C2CCCCC2)cc(OC)c1O.Cl. The van der Waals surface area contributed by atoms with E-state index in [1.165, 1.54) is 20.6 Å². The van der Waals surface area contributed by atoms with Crippen LogP contribution in [-0.4, -0.2) is 30.5 Å². The highest BCUT2D eigenvalue weighted by molar-refractivity contribution is 5.85. The van der Waals surface area contributed by atoms with Gasteiger partial charge >= 0.3 is 0 Å². The lowest BCUT2D eigenvalue weighted by atomic mass is 9.81. The van der Waals surface area contributed by atoms with Crippen molar-refractivity contribution in [3.05, 3.63) is 17.7 Å². The van der Waals surface area contributed by atoms with Crippen molar-refractivity contribution in [1.82, 2.24) is 0 Å². The van der Waals surface area contributed by atoms with Gasteiger partial charge in [-0.3, -0.25) is 0 Å². The number of nitrogens with two attached hydrogens (primary N) is 1. The summed E-state index contributed by atoms with van der Waals surface area (Å²) in [5.41, 5.74) is 6.93. The molecule has 0 amide bonds. The van der Waals surface area contributed by atoms with Gasteiger partial charge in [-0.05, 0) is 36.5 Å².